The molecule has 4 heterocycles. The van der Waals surface area contributed by atoms with E-state index in [-0.39, 0.29) is 56.4 Å². The number of carbonyl (C=O) groups is 3. The first-order valence-electron chi connectivity index (χ1n) is 30.2. The molecule has 6 aliphatic rings. The highest BCUT2D eigenvalue weighted by Gasteiger charge is 2.48. The number of fused-ring (bicyclic) bond motifs is 6. The zero-order valence-electron chi connectivity index (χ0n) is 49.5. The highest BCUT2D eigenvalue weighted by Crippen LogP contribution is 2.53. The maximum Gasteiger partial charge on any atom is 0.255 e. The van der Waals surface area contributed by atoms with E-state index in [9.17, 15) is 14.4 Å². The molecule has 3 aliphatic heterocycles. The Morgan fingerprint density at radius 3 is 1.54 bits per heavy atom. The number of hydrogen-bond donors (Lipinski definition) is 3. The molecule has 3 N–H and O–H groups in total. The van der Waals surface area contributed by atoms with Gasteiger partial charge in [0, 0.05) is 40.4 Å². The smallest absolute Gasteiger partial charge is 0.255 e. The van der Waals surface area contributed by atoms with Gasteiger partial charge in [-0.25, -0.2) is 0 Å². The van der Waals surface area contributed by atoms with Gasteiger partial charge in [-0.05, 0) is 192 Å². The number of furan rings is 1. The molecule has 3 aliphatic carbocycles. The average molecular weight is 1070 g/mol. The maximum atomic E-state index is 12.6. The number of hydrogen-bond acceptors (Lipinski definition) is 7. The number of carbonyl (C=O) groups excluding carboxylic acids is 3. The van der Waals surface area contributed by atoms with Crippen molar-refractivity contribution in [3.05, 3.63) is 143 Å². The molecular weight excluding hydrogens is 965 g/mol. The average Bonchev–Trinajstić information content (AvgIpc) is 4.22. The van der Waals surface area contributed by atoms with Crippen LogP contribution < -0.4 is 16.0 Å². The van der Waals surface area contributed by atoms with Crippen molar-refractivity contribution in [2.45, 2.75) is 187 Å². The van der Waals surface area contributed by atoms with Gasteiger partial charge in [-0.15, -0.1) is 6.58 Å². The number of piperidine rings is 3. The lowest BCUT2D eigenvalue weighted by Gasteiger charge is -2.43. The molecule has 0 saturated carbocycles. The molecule has 4 aromatic rings. The van der Waals surface area contributed by atoms with Crippen molar-refractivity contribution in [2.24, 2.45) is 16.7 Å². The van der Waals surface area contributed by atoms with E-state index >= 15 is 0 Å². The monoisotopic (exact) mass is 1070 g/mol. The second-order valence-corrected chi connectivity index (χ2v) is 27.0. The van der Waals surface area contributed by atoms with Crippen molar-refractivity contribution < 1.29 is 23.1 Å². The van der Waals surface area contributed by atoms with E-state index in [0.29, 0.717) is 22.8 Å². The summed E-state index contributed by atoms with van der Waals surface area (Å²) in [6.45, 7) is 34.3. The predicted molar refractivity (Wildman–Crippen MR) is 325 cm³/mol. The van der Waals surface area contributed by atoms with Crippen LogP contribution in [0.15, 0.2) is 108 Å². The summed E-state index contributed by atoms with van der Waals surface area (Å²) in [7, 11) is 0. The van der Waals surface area contributed by atoms with Gasteiger partial charge in [-0.1, -0.05) is 134 Å². The quantitative estimate of drug-likeness (QED) is 0.102. The van der Waals surface area contributed by atoms with Gasteiger partial charge < -0.3 is 35.1 Å². The number of amides is 3. The molecule has 430 valence electrons. The SMILES string of the molecule is C=CCC(C)(C)CN1CCC2(CC1)C[C@H](NC(C)=O)c1ccccc12.CC(C)CCN1CCC2(CC1)C[C@H](NC(=O)c1ccoc1)c1ccccc12.CCCC(=O)N[C@H]1CC2(CCN(CCC(C)(C)C)CC2)c2ccccc21.[HH].[HH].[HH]. The Morgan fingerprint density at radius 2 is 1.12 bits per heavy atom. The summed E-state index contributed by atoms with van der Waals surface area (Å²) in [5.74, 6) is 0.984. The summed E-state index contributed by atoms with van der Waals surface area (Å²) in [6.07, 6.45) is 20.5. The van der Waals surface area contributed by atoms with E-state index in [0.717, 1.165) is 70.7 Å². The fourth-order valence-corrected chi connectivity index (χ4v) is 14.4. The molecule has 3 aromatic carbocycles. The molecule has 78 heavy (non-hydrogen) atoms. The highest BCUT2D eigenvalue weighted by atomic mass is 16.3. The van der Waals surface area contributed by atoms with Crippen LogP contribution in [0.2, 0.25) is 0 Å². The molecule has 3 amide bonds. The number of allylic oxidation sites excluding steroid dienone is 1. The molecule has 3 spiro atoms. The molecule has 0 unspecified atom stereocenters. The molecule has 10 nitrogen and oxygen atoms in total. The summed E-state index contributed by atoms with van der Waals surface area (Å²) >= 11 is 0. The minimum atomic E-state index is -0.0463. The molecular formula is C68H104N6O4. The van der Waals surface area contributed by atoms with Crippen LogP contribution in [-0.4, -0.2) is 91.3 Å². The highest BCUT2D eigenvalue weighted by molar-refractivity contribution is 5.94. The van der Waals surface area contributed by atoms with Gasteiger partial charge in [0.1, 0.15) is 6.26 Å². The number of nitrogens with one attached hydrogen (secondary N) is 3. The molecule has 3 saturated heterocycles. The predicted octanol–water partition coefficient (Wildman–Crippen LogP) is 14.3. The summed E-state index contributed by atoms with van der Waals surface area (Å²) in [6, 6.07) is 28.5. The van der Waals surface area contributed by atoms with Gasteiger partial charge >= 0.3 is 0 Å². The zero-order chi connectivity index (χ0) is 55.7. The van der Waals surface area contributed by atoms with Crippen molar-refractivity contribution in [1.82, 2.24) is 30.7 Å². The van der Waals surface area contributed by atoms with Crippen LogP contribution in [0.3, 0.4) is 0 Å². The Bertz CT molecular complexity index is 2620. The summed E-state index contributed by atoms with van der Waals surface area (Å²) < 4.78 is 5.06. The van der Waals surface area contributed by atoms with Crippen LogP contribution in [0.4, 0.5) is 0 Å². The van der Waals surface area contributed by atoms with Gasteiger partial charge in [-0.3, -0.25) is 14.4 Å². The number of benzene rings is 3. The van der Waals surface area contributed by atoms with E-state index in [1.807, 2.05) is 6.08 Å². The van der Waals surface area contributed by atoms with Crippen molar-refractivity contribution in [2.75, 3.05) is 58.9 Å². The first-order chi connectivity index (χ1) is 37.3. The Balaban J connectivity index is 0.000000219. The second-order valence-electron chi connectivity index (χ2n) is 27.0. The van der Waals surface area contributed by atoms with E-state index < -0.39 is 0 Å². The van der Waals surface area contributed by atoms with Crippen LogP contribution in [-0.2, 0) is 25.8 Å². The molecule has 10 heteroatoms. The van der Waals surface area contributed by atoms with Gasteiger partial charge in [0.25, 0.3) is 5.91 Å². The second kappa shape index (κ2) is 25.6. The van der Waals surface area contributed by atoms with Crippen LogP contribution in [0.25, 0.3) is 0 Å². The Morgan fingerprint density at radius 1 is 0.667 bits per heavy atom. The number of nitrogens with zero attached hydrogens (tertiary/aromatic N) is 3. The lowest BCUT2D eigenvalue weighted by molar-refractivity contribution is -0.122. The van der Waals surface area contributed by atoms with Crippen molar-refractivity contribution in [1.29, 1.82) is 0 Å². The van der Waals surface area contributed by atoms with Gasteiger partial charge in [-0.2, -0.15) is 0 Å². The van der Waals surface area contributed by atoms with Gasteiger partial charge in [0.05, 0.1) is 30.0 Å². The van der Waals surface area contributed by atoms with E-state index in [2.05, 4.69) is 165 Å². The third-order valence-corrected chi connectivity index (χ3v) is 18.8. The normalized spacial score (nSPS) is 22.2. The molecule has 3 atom stereocenters. The van der Waals surface area contributed by atoms with Gasteiger partial charge in [0.2, 0.25) is 11.8 Å². The largest absolute Gasteiger partial charge is 0.472 e. The summed E-state index contributed by atoms with van der Waals surface area (Å²) in [5, 5.41) is 9.73. The van der Waals surface area contributed by atoms with Gasteiger partial charge in [0.15, 0.2) is 0 Å². The van der Waals surface area contributed by atoms with E-state index in [1.165, 1.54) is 117 Å². The number of likely N-dealkylation sites (tertiary alicyclic amines) is 3. The third-order valence-electron chi connectivity index (χ3n) is 18.8. The van der Waals surface area contributed by atoms with Crippen LogP contribution >= 0.6 is 0 Å². The zero-order valence-corrected chi connectivity index (χ0v) is 49.5. The van der Waals surface area contributed by atoms with Crippen molar-refractivity contribution in [3.8, 4) is 0 Å². The van der Waals surface area contributed by atoms with Crippen LogP contribution in [0.1, 0.15) is 218 Å². The maximum absolute atomic E-state index is 12.6. The summed E-state index contributed by atoms with van der Waals surface area (Å²) in [4.78, 5) is 44.3. The van der Waals surface area contributed by atoms with E-state index in [4.69, 9.17) is 4.42 Å². The number of rotatable bonds is 15. The first kappa shape index (κ1) is 59.1. The fraction of sp³-hybridized carbons (Fsp3) is 0.603. The Hall–Kier alpha value is -5.03. The first-order valence-corrected chi connectivity index (χ1v) is 30.2. The standard InChI is InChI=1S/C23H30N2O2.C23H36N2O.C22H32N2O.3H2/c1-17(2)7-11-25-12-9-23(10-13-25)15-21(19-5-3-4-6-20(19)23)24-22(26)18-8-14-27-16-18;1-5-8-21(26)24-20-17-23(19-10-7-6-9-18(19)20)12-15-25(16-13-23)14-11-22(2,3)4;1-5-10-21(3,4)16-24-13-11-22(12-14-24)15-20(23-17(2)25)18-8-6-7-9-19(18)22;;;/h3-6,8,14,16-17,21H,7,9-13,15H2,1-2H3,(H,24,26);6-7,9-10,20H,5,8,11-17H2,1-4H3,(H,24,26);5-9,20H,1,10-16H2,2-4H3,(H,23,25);3*1H/t21-;2*20-;;;/m000.../s1. The molecule has 0 radical (unpaired) electrons. The molecule has 0 bridgehead atoms. The van der Waals surface area contributed by atoms with Crippen LogP contribution in [0.5, 0.6) is 0 Å². The fourth-order valence-electron chi connectivity index (χ4n) is 14.4. The van der Waals surface area contributed by atoms with Crippen molar-refractivity contribution in [3.63, 3.8) is 0 Å². The minimum absolute atomic E-state index is 0. The summed E-state index contributed by atoms with van der Waals surface area (Å²) in [5.41, 5.74) is 10.4. The topological polar surface area (TPSA) is 110 Å². The lowest BCUT2D eigenvalue weighted by atomic mass is 9.73. The van der Waals surface area contributed by atoms with Crippen LogP contribution in [0, 0.1) is 16.7 Å². The molecule has 10 rings (SSSR count). The van der Waals surface area contributed by atoms with E-state index in [1.54, 1.807) is 19.3 Å². The molecule has 1 aromatic heterocycles. The Kier molecular flexibility index (Phi) is 19.4. The Labute approximate surface area is 474 Å². The molecule has 3 fully saturated rings. The van der Waals surface area contributed by atoms with Crippen molar-refractivity contribution >= 4 is 17.7 Å². The minimum Gasteiger partial charge on any atom is -0.472 e. The lowest BCUT2D eigenvalue weighted by Crippen LogP contribution is -2.45. The third kappa shape index (κ3) is 14.5.